The molecule has 0 atom stereocenters. The van der Waals surface area contributed by atoms with Gasteiger partial charge in [-0.05, 0) is 41.8 Å². The number of thioether (sulfide) groups is 1. The van der Waals surface area contributed by atoms with E-state index in [9.17, 15) is 0 Å². The minimum atomic E-state index is 0.594. The van der Waals surface area contributed by atoms with E-state index in [1.807, 2.05) is 48.5 Å². The summed E-state index contributed by atoms with van der Waals surface area (Å²) in [6, 6.07) is 22.2. The fourth-order valence-corrected chi connectivity index (χ4v) is 4.43. The van der Waals surface area contributed by atoms with Crippen molar-refractivity contribution in [2.75, 3.05) is 12.4 Å². The van der Waals surface area contributed by atoms with Crippen molar-refractivity contribution in [3.8, 4) is 22.1 Å². The van der Waals surface area contributed by atoms with Crippen LogP contribution in [0, 0.1) is 0 Å². The van der Waals surface area contributed by atoms with Crippen LogP contribution in [0.1, 0.15) is 0 Å². The lowest BCUT2D eigenvalue weighted by Crippen LogP contribution is -2.03. The van der Waals surface area contributed by atoms with Gasteiger partial charge in [0.15, 0.2) is 11.0 Å². The van der Waals surface area contributed by atoms with Gasteiger partial charge >= 0.3 is 0 Å². The van der Waals surface area contributed by atoms with Gasteiger partial charge in [-0.1, -0.05) is 58.0 Å². The van der Waals surface area contributed by atoms with Crippen molar-refractivity contribution < 1.29 is 4.74 Å². The molecule has 0 unspecified atom stereocenters. The van der Waals surface area contributed by atoms with Crippen LogP contribution >= 0.6 is 39.0 Å². The minimum Gasteiger partial charge on any atom is -0.493 e. The van der Waals surface area contributed by atoms with Gasteiger partial charge in [-0.2, -0.15) is 0 Å². The van der Waals surface area contributed by atoms with Crippen LogP contribution in [0.4, 0.5) is 0 Å². The molecule has 0 bridgehead atoms. The smallest absolute Gasteiger partial charge is 0.196 e. The molecule has 2 heterocycles. The summed E-state index contributed by atoms with van der Waals surface area (Å²) >= 11 is 6.76. The lowest BCUT2D eigenvalue weighted by atomic mass is 10.3. The zero-order valence-electron chi connectivity index (χ0n) is 14.3. The van der Waals surface area contributed by atoms with Gasteiger partial charge in [0.2, 0.25) is 0 Å². The van der Waals surface area contributed by atoms with Crippen LogP contribution in [0.3, 0.4) is 0 Å². The Hall–Kier alpha value is -2.09. The van der Waals surface area contributed by atoms with Crippen LogP contribution in [0.25, 0.3) is 16.4 Å². The zero-order valence-corrected chi connectivity index (χ0v) is 17.5. The molecule has 0 radical (unpaired) electrons. The van der Waals surface area contributed by atoms with E-state index in [-0.39, 0.29) is 0 Å². The van der Waals surface area contributed by atoms with Crippen molar-refractivity contribution in [3.05, 3.63) is 76.6 Å². The number of thiophene rings is 1. The van der Waals surface area contributed by atoms with Crippen LogP contribution in [0.5, 0.6) is 5.75 Å². The molecular formula is C20H16BrN3OS2. The largest absolute Gasteiger partial charge is 0.493 e. The first kappa shape index (κ1) is 18.3. The van der Waals surface area contributed by atoms with Crippen LogP contribution < -0.4 is 4.74 Å². The summed E-state index contributed by atoms with van der Waals surface area (Å²) in [4.78, 5) is 1.10. The number of hydrogen-bond acceptors (Lipinski definition) is 5. The topological polar surface area (TPSA) is 39.9 Å². The maximum Gasteiger partial charge on any atom is 0.196 e. The highest BCUT2D eigenvalue weighted by atomic mass is 79.9. The van der Waals surface area contributed by atoms with Gasteiger partial charge in [0, 0.05) is 15.9 Å². The van der Waals surface area contributed by atoms with E-state index < -0.39 is 0 Å². The predicted molar refractivity (Wildman–Crippen MR) is 115 cm³/mol. The highest BCUT2D eigenvalue weighted by molar-refractivity contribution is 9.10. The molecular weight excluding hydrogens is 442 g/mol. The van der Waals surface area contributed by atoms with Crippen LogP contribution in [-0.4, -0.2) is 27.1 Å². The monoisotopic (exact) mass is 457 g/mol. The quantitative estimate of drug-likeness (QED) is 0.254. The first-order valence-electron chi connectivity index (χ1n) is 8.37. The molecule has 0 N–H and O–H groups in total. The summed E-state index contributed by atoms with van der Waals surface area (Å²) < 4.78 is 8.94. The van der Waals surface area contributed by atoms with E-state index in [0.717, 1.165) is 37.5 Å². The molecule has 0 saturated carbocycles. The molecule has 0 aliphatic carbocycles. The summed E-state index contributed by atoms with van der Waals surface area (Å²) in [6.07, 6.45) is 0. The lowest BCUT2D eigenvalue weighted by molar-refractivity contribution is 0.343. The number of ether oxygens (including phenoxy) is 1. The second-order valence-electron chi connectivity index (χ2n) is 5.61. The van der Waals surface area contributed by atoms with Gasteiger partial charge in [-0.15, -0.1) is 21.5 Å². The molecule has 7 heteroatoms. The summed E-state index contributed by atoms with van der Waals surface area (Å²) in [5, 5.41) is 11.8. The second kappa shape index (κ2) is 8.73. The van der Waals surface area contributed by atoms with Gasteiger partial charge in [-0.3, -0.25) is 4.57 Å². The summed E-state index contributed by atoms with van der Waals surface area (Å²) in [5.74, 6) is 2.50. The number of para-hydroxylation sites is 1. The first-order chi connectivity index (χ1) is 13.3. The Morgan fingerprint density at radius 1 is 1.00 bits per heavy atom. The standard InChI is InChI=1S/C20H16BrN3OS2/c21-15-6-4-9-17(14-15)25-11-13-27-20-23-22-19(18-10-5-12-26-18)24(20)16-7-2-1-3-8-16/h1-10,12,14H,11,13H2. The van der Waals surface area contributed by atoms with Crippen molar-refractivity contribution >= 4 is 39.0 Å². The van der Waals surface area contributed by atoms with E-state index >= 15 is 0 Å². The van der Waals surface area contributed by atoms with Gasteiger partial charge in [0.1, 0.15) is 5.75 Å². The van der Waals surface area contributed by atoms with Crippen LogP contribution in [-0.2, 0) is 0 Å². The van der Waals surface area contributed by atoms with Crippen LogP contribution in [0.2, 0.25) is 0 Å². The first-order valence-corrected chi connectivity index (χ1v) is 11.0. The summed E-state index contributed by atoms with van der Waals surface area (Å²) in [6.45, 7) is 0.594. The molecule has 0 saturated heterocycles. The third-order valence-corrected chi connectivity index (χ3v) is 6.02. The molecule has 4 rings (SSSR count). The maximum absolute atomic E-state index is 5.83. The molecule has 27 heavy (non-hydrogen) atoms. The molecule has 0 aliphatic heterocycles. The van der Waals surface area contributed by atoms with Crippen molar-refractivity contribution in [1.29, 1.82) is 0 Å². The molecule has 136 valence electrons. The third-order valence-electron chi connectivity index (χ3n) is 3.77. The van der Waals surface area contributed by atoms with Crippen molar-refractivity contribution in [2.45, 2.75) is 5.16 Å². The Balaban J connectivity index is 1.51. The normalized spacial score (nSPS) is 10.9. The summed E-state index contributed by atoms with van der Waals surface area (Å²) in [7, 11) is 0. The molecule has 2 aromatic heterocycles. The van der Waals surface area contributed by atoms with Gasteiger partial charge in [0.05, 0.1) is 11.5 Å². The number of benzene rings is 2. The highest BCUT2D eigenvalue weighted by Gasteiger charge is 2.16. The Morgan fingerprint density at radius 3 is 2.67 bits per heavy atom. The predicted octanol–water partition coefficient (Wildman–Crippen LogP) is 5.93. The number of aromatic nitrogens is 3. The Labute approximate surface area is 174 Å². The van der Waals surface area contributed by atoms with Crippen LogP contribution in [0.15, 0.2) is 81.7 Å². The molecule has 4 nitrogen and oxygen atoms in total. The van der Waals surface area contributed by atoms with Gasteiger partial charge in [-0.25, -0.2) is 0 Å². The number of halogens is 1. The SMILES string of the molecule is Brc1cccc(OCCSc2nnc(-c3cccs3)n2-c2ccccc2)c1. The highest BCUT2D eigenvalue weighted by Crippen LogP contribution is 2.30. The maximum atomic E-state index is 5.83. The van der Waals surface area contributed by atoms with Gasteiger partial charge < -0.3 is 4.74 Å². The molecule has 4 aromatic rings. The lowest BCUT2D eigenvalue weighted by Gasteiger charge is -2.10. The van der Waals surface area contributed by atoms with Crippen molar-refractivity contribution in [1.82, 2.24) is 14.8 Å². The van der Waals surface area contributed by atoms with E-state index in [0.29, 0.717) is 6.61 Å². The molecule has 2 aromatic carbocycles. The average Bonchev–Trinajstić information content (AvgIpc) is 3.35. The molecule has 0 amide bonds. The third kappa shape index (κ3) is 4.43. The van der Waals surface area contributed by atoms with E-state index in [1.54, 1.807) is 23.1 Å². The number of rotatable bonds is 7. The number of nitrogens with zero attached hydrogens (tertiary/aromatic N) is 3. The van der Waals surface area contributed by atoms with Gasteiger partial charge in [0.25, 0.3) is 0 Å². The van der Waals surface area contributed by atoms with E-state index in [1.165, 1.54) is 0 Å². The number of hydrogen-bond donors (Lipinski definition) is 0. The fourth-order valence-electron chi connectivity index (χ4n) is 2.59. The zero-order chi connectivity index (χ0) is 18.5. The minimum absolute atomic E-state index is 0.594. The Morgan fingerprint density at radius 2 is 1.89 bits per heavy atom. The molecule has 0 fully saturated rings. The Kier molecular flexibility index (Phi) is 5.91. The molecule has 0 aliphatic rings. The molecule has 0 spiro atoms. The Bertz CT molecular complexity index is 1000. The second-order valence-corrected chi connectivity index (χ2v) is 8.53. The fraction of sp³-hybridized carbons (Fsp3) is 0.100. The average molecular weight is 458 g/mol. The summed E-state index contributed by atoms with van der Waals surface area (Å²) in [5.41, 5.74) is 1.06. The van der Waals surface area contributed by atoms with E-state index in [4.69, 9.17) is 4.74 Å². The van der Waals surface area contributed by atoms with E-state index in [2.05, 4.69) is 54.3 Å². The van der Waals surface area contributed by atoms with Crippen molar-refractivity contribution in [3.63, 3.8) is 0 Å². The van der Waals surface area contributed by atoms with Crippen molar-refractivity contribution in [2.24, 2.45) is 0 Å².